The zero-order valence-corrected chi connectivity index (χ0v) is 10.4. The number of rotatable bonds is 4. The number of pyridine rings is 1. The van der Waals surface area contributed by atoms with Crippen molar-refractivity contribution in [1.82, 2.24) is 10.3 Å². The van der Waals surface area contributed by atoms with Crippen LogP contribution in [0.5, 0.6) is 0 Å². The standard InChI is InChI=1S/C13H19FN2/c1-9-6-7-12(16-10(9)2)11(3)15-8-13(4,5)14/h6-7,15H,3,8H2,1-2,4-5H3. The summed E-state index contributed by atoms with van der Waals surface area (Å²) in [7, 11) is 0. The van der Waals surface area contributed by atoms with Gasteiger partial charge in [-0.25, -0.2) is 4.39 Å². The Morgan fingerprint density at radius 1 is 1.44 bits per heavy atom. The van der Waals surface area contributed by atoms with Crippen molar-refractivity contribution >= 4 is 5.70 Å². The largest absolute Gasteiger partial charge is 0.381 e. The molecule has 0 saturated heterocycles. The minimum Gasteiger partial charge on any atom is -0.381 e. The highest BCUT2D eigenvalue weighted by Crippen LogP contribution is 2.12. The molecule has 1 aromatic heterocycles. The molecule has 2 nitrogen and oxygen atoms in total. The van der Waals surface area contributed by atoms with Crippen molar-refractivity contribution < 1.29 is 4.39 Å². The molecule has 0 bridgehead atoms. The lowest BCUT2D eigenvalue weighted by molar-refractivity contribution is 0.219. The summed E-state index contributed by atoms with van der Waals surface area (Å²) in [5, 5.41) is 2.95. The number of halogens is 1. The van der Waals surface area contributed by atoms with Gasteiger partial charge in [-0.15, -0.1) is 0 Å². The van der Waals surface area contributed by atoms with E-state index in [9.17, 15) is 4.39 Å². The van der Waals surface area contributed by atoms with Crippen molar-refractivity contribution in [2.24, 2.45) is 0 Å². The first-order valence-corrected chi connectivity index (χ1v) is 5.36. The fourth-order valence-corrected chi connectivity index (χ4v) is 1.21. The monoisotopic (exact) mass is 222 g/mol. The van der Waals surface area contributed by atoms with Crippen molar-refractivity contribution in [1.29, 1.82) is 0 Å². The van der Waals surface area contributed by atoms with Gasteiger partial charge in [-0.1, -0.05) is 12.6 Å². The second-order valence-electron chi connectivity index (χ2n) is 4.65. The molecule has 3 heteroatoms. The molecule has 88 valence electrons. The van der Waals surface area contributed by atoms with Crippen molar-refractivity contribution in [3.8, 4) is 0 Å². The predicted molar refractivity (Wildman–Crippen MR) is 65.9 cm³/mol. The van der Waals surface area contributed by atoms with E-state index in [-0.39, 0.29) is 6.54 Å². The van der Waals surface area contributed by atoms with Crippen LogP contribution >= 0.6 is 0 Å². The smallest absolute Gasteiger partial charge is 0.122 e. The molecule has 0 atom stereocenters. The molecule has 1 rings (SSSR count). The van der Waals surface area contributed by atoms with Gasteiger partial charge in [0.25, 0.3) is 0 Å². The lowest BCUT2D eigenvalue weighted by atomic mass is 10.1. The number of aromatic nitrogens is 1. The molecule has 0 aliphatic rings. The molecule has 0 aliphatic heterocycles. The highest BCUT2D eigenvalue weighted by molar-refractivity contribution is 5.58. The lowest BCUT2D eigenvalue weighted by Gasteiger charge is -2.17. The van der Waals surface area contributed by atoms with Crippen molar-refractivity contribution in [3.63, 3.8) is 0 Å². The van der Waals surface area contributed by atoms with Gasteiger partial charge in [-0.2, -0.15) is 0 Å². The van der Waals surface area contributed by atoms with E-state index in [1.807, 2.05) is 26.0 Å². The Bertz CT molecular complexity index is 391. The van der Waals surface area contributed by atoms with Crippen molar-refractivity contribution in [3.05, 3.63) is 35.7 Å². The molecule has 1 N–H and O–H groups in total. The van der Waals surface area contributed by atoms with E-state index < -0.39 is 5.67 Å². The Kier molecular flexibility index (Phi) is 3.68. The number of hydrogen-bond donors (Lipinski definition) is 1. The van der Waals surface area contributed by atoms with Gasteiger partial charge in [0, 0.05) is 12.2 Å². The van der Waals surface area contributed by atoms with Gasteiger partial charge >= 0.3 is 0 Å². The second kappa shape index (κ2) is 4.64. The zero-order valence-electron chi connectivity index (χ0n) is 10.4. The molecule has 16 heavy (non-hydrogen) atoms. The average Bonchev–Trinajstić information content (AvgIpc) is 2.17. The minimum absolute atomic E-state index is 0.237. The highest BCUT2D eigenvalue weighted by Gasteiger charge is 2.15. The van der Waals surface area contributed by atoms with Crippen molar-refractivity contribution in [2.45, 2.75) is 33.4 Å². The maximum absolute atomic E-state index is 13.3. The molecule has 0 saturated carbocycles. The van der Waals surface area contributed by atoms with E-state index in [1.54, 1.807) is 0 Å². The fraction of sp³-hybridized carbons (Fsp3) is 0.462. The molecule has 0 fully saturated rings. The van der Waals surface area contributed by atoms with E-state index >= 15 is 0 Å². The van der Waals surface area contributed by atoms with Gasteiger partial charge < -0.3 is 5.32 Å². The van der Waals surface area contributed by atoms with E-state index in [2.05, 4.69) is 16.9 Å². The quantitative estimate of drug-likeness (QED) is 0.847. The van der Waals surface area contributed by atoms with Crippen LogP contribution in [-0.2, 0) is 0 Å². The van der Waals surface area contributed by atoms with Crippen LogP contribution in [-0.4, -0.2) is 17.2 Å². The van der Waals surface area contributed by atoms with E-state index in [0.29, 0.717) is 5.70 Å². The average molecular weight is 222 g/mol. The topological polar surface area (TPSA) is 24.9 Å². The van der Waals surface area contributed by atoms with Crippen LogP contribution in [0.4, 0.5) is 4.39 Å². The number of aryl methyl sites for hydroxylation is 2. The first kappa shape index (κ1) is 12.7. The molecule has 0 aliphatic carbocycles. The molecule has 0 aromatic carbocycles. The zero-order chi connectivity index (χ0) is 12.3. The highest BCUT2D eigenvalue weighted by atomic mass is 19.1. The number of alkyl halides is 1. The molecular weight excluding hydrogens is 203 g/mol. The summed E-state index contributed by atoms with van der Waals surface area (Å²) < 4.78 is 13.3. The van der Waals surface area contributed by atoms with E-state index in [0.717, 1.165) is 17.0 Å². The third kappa shape index (κ3) is 3.65. The van der Waals surface area contributed by atoms with Gasteiger partial charge in [-0.3, -0.25) is 4.98 Å². The Morgan fingerprint density at radius 3 is 2.56 bits per heavy atom. The Labute approximate surface area is 96.6 Å². The van der Waals surface area contributed by atoms with E-state index in [1.165, 1.54) is 13.8 Å². The Hall–Kier alpha value is -1.38. The number of nitrogens with one attached hydrogen (secondary N) is 1. The molecular formula is C13H19FN2. The summed E-state index contributed by atoms with van der Waals surface area (Å²) in [5.41, 5.74) is 2.30. The van der Waals surface area contributed by atoms with Gasteiger partial charge in [0.05, 0.1) is 11.4 Å². The van der Waals surface area contributed by atoms with E-state index in [4.69, 9.17) is 0 Å². The molecule has 0 unspecified atom stereocenters. The molecule has 0 amide bonds. The summed E-state index contributed by atoms with van der Waals surface area (Å²) in [6.45, 7) is 11.1. The molecule has 1 aromatic rings. The normalized spacial score (nSPS) is 11.3. The van der Waals surface area contributed by atoms with Crippen LogP contribution in [0, 0.1) is 13.8 Å². The third-order valence-electron chi connectivity index (χ3n) is 2.38. The summed E-state index contributed by atoms with van der Waals surface area (Å²) in [4.78, 5) is 4.39. The van der Waals surface area contributed by atoms with Crippen LogP contribution in [0.1, 0.15) is 30.8 Å². The summed E-state index contributed by atoms with van der Waals surface area (Å²) in [5.74, 6) is 0. The van der Waals surface area contributed by atoms with Gasteiger partial charge in [-0.05, 0) is 39.3 Å². The van der Waals surface area contributed by atoms with Crippen LogP contribution in [0.3, 0.4) is 0 Å². The Morgan fingerprint density at radius 2 is 2.06 bits per heavy atom. The molecule has 0 spiro atoms. The van der Waals surface area contributed by atoms with Gasteiger partial charge in [0.1, 0.15) is 5.67 Å². The van der Waals surface area contributed by atoms with Crippen LogP contribution in [0.25, 0.3) is 5.70 Å². The van der Waals surface area contributed by atoms with Crippen LogP contribution in [0.2, 0.25) is 0 Å². The lowest BCUT2D eigenvalue weighted by Crippen LogP contribution is -2.29. The summed E-state index contributed by atoms with van der Waals surface area (Å²) in [6, 6.07) is 3.88. The number of hydrogen-bond acceptors (Lipinski definition) is 2. The van der Waals surface area contributed by atoms with Crippen LogP contribution < -0.4 is 5.32 Å². The Balaban J connectivity index is 2.70. The predicted octanol–water partition coefficient (Wildman–Crippen LogP) is 3.01. The second-order valence-corrected chi connectivity index (χ2v) is 4.65. The third-order valence-corrected chi connectivity index (χ3v) is 2.38. The summed E-state index contributed by atoms with van der Waals surface area (Å²) >= 11 is 0. The first-order valence-electron chi connectivity index (χ1n) is 5.36. The maximum Gasteiger partial charge on any atom is 0.122 e. The molecule has 0 radical (unpaired) electrons. The van der Waals surface area contributed by atoms with Gasteiger partial charge in [0.2, 0.25) is 0 Å². The minimum atomic E-state index is -1.25. The summed E-state index contributed by atoms with van der Waals surface area (Å²) in [6.07, 6.45) is 0. The fourth-order valence-electron chi connectivity index (χ4n) is 1.21. The van der Waals surface area contributed by atoms with Gasteiger partial charge in [0.15, 0.2) is 0 Å². The SMILES string of the molecule is C=C(NCC(C)(C)F)c1ccc(C)c(C)n1. The maximum atomic E-state index is 13.3. The molecule has 1 heterocycles. The van der Waals surface area contributed by atoms with Crippen molar-refractivity contribution in [2.75, 3.05) is 6.54 Å². The number of nitrogens with zero attached hydrogens (tertiary/aromatic N) is 1. The van der Waals surface area contributed by atoms with Crippen LogP contribution in [0.15, 0.2) is 18.7 Å². The first-order chi connectivity index (χ1) is 7.29.